The molecule has 2 N–H and O–H groups in total. The number of alkyl halides is 3. The molecule has 0 spiro atoms. The van der Waals surface area contributed by atoms with Gasteiger partial charge in [-0.1, -0.05) is 30.3 Å². The summed E-state index contributed by atoms with van der Waals surface area (Å²) in [6, 6.07) is 15.2. The maximum atomic E-state index is 13.4. The zero-order valence-electron chi connectivity index (χ0n) is 14.2. The molecular formula is C20H14F3N3O. The van der Waals surface area contributed by atoms with Crippen LogP contribution in [-0.4, -0.2) is 12.1 Å². The van der Waals surface area contributed by atoms with E-state index in [0.717, 1.165) is 6.07 Å². The molecule has 0 amide bonds. The molecule has 0 aliphatic rings. The molecule has 3 rings (SSSR count). The molecule has 0 fully saturated rings. The predicted molar refractivity (Wildman–Crippen MR) is 95.8 cm³/mol. The number of methoxy groups -OCH3 is 1. The molecule has 0 saturated heterocycles. The van der Waals surface area contributed by atoms with E-state index in [2.05, 4.69) is 4.98 Å². The Balaban J connectivity index is 2.28. The second-order valence-electron chi connectivity index (χ2n) is 5.70. The Morgan fingerprint density at radius 2 is 1.78 bits per heavy atom. The number of nitrogen functional groups attached to an aromatic ring is 1. The molecule has 0 bridgehead atoms. The molecule has 0 radical (unpaired) electrons. The van der Waals surface area contributed by atoms with Crippen LogP contribution in [0.4, 0.5) is 19.0 Å². The third-order valence-electron chi connectivity index (χ3n) is 4.05. The quantitative estimate of drug-likeness (QED) is 0.713. The van der Waals surface area contributed by atoms with Gasteiger partial charge in [0.25, 0.3) is 0 Å². The third-order valence-corrected chi connectivity index (χ3v) is 4.05. The van der Waals surface area contributed by atoms with Crippen LogP contribution < -0.4 is 10.5 Å². The van der Waals surface area contributed by atoms with E-state index in [1.807, 2.05) is 6.07 Å². The van der Waals surface area contributed by atoms with Crippen molar-refractivity contribution in [2.75, 3.05) is 12.8 Å². The summed E-state index contributed by atoms with van der Waals surface area (Å²) in [6.45, 7) is 0. The fraction of sp³-hybridized carbons (Fsp3) is 0.100. The van der Waals surface area contributed by atoms with Crippen molar-refractivity contribution in [1.82, 2.24) is 4.98 Å². The Kier molecular flexibility index (Phi) is 4.74. The van der Waals surface area contributed by atoms with Gasteiger partial charge in [0.05, 0.1) is 18.4 Å². The highest BCUT2D eigenvalue weighted by atomic mass is 19.4. The van der Waals surface area contributed by atoms with Crippen LogP contribution in [0.2, 0.25) is 0 Å². The Labute approximate surface area is 153 Å². The van der Waals surface area contributed by atoms with E-state index in [9.17, 15) is 18.4 Å². The zero-order valence-corrected chi connectivity index (χ0v) is 14.2. The second-order valence-corrected chi connectivity index (χ2v) is 5.70. The molecule has 7 heteroatoms. The van der Waals surface area contributed by atoms with Crippen LogP contribution >= 0.6 is 0 Å². The van der Waals surface area contributed by atoms with Gasteiger partial charge in [0, 0.05) is 11.1 Å². The van der Waals surface area contributed by atoms with Crippen LogP contribution in [0, 0.1) is 11.3 Å². The van der Waals surface area contributed by atoms with Crippen LogP contribution in [-0.2, 0) is 6.18 Å². The van der Waals surface area contributed by atoms with Crippen LogP contribution in [0.15, 0.2) is 54.6 Å². The lowest BCUT2D eigenvalue weighted by molar-refractivity contribution is -0.137. The largest absolute Gasteiger partial charge is 0.497 e. The highest BCUT2D eigenvalue weighted by molar-refractivity contribution is 5.82. The lowest BCUT2D eigenvalue weighted by Crippen LogP contribution is -2.08. The minimum absolute atomic E-state index is 0.0794. The van der Waals surface area contributed by atoms with Crippen molar-refractivity contribution in [3.8, 4) is 34.2 Å². The molecule has 4 nitrogen and oxygen atoms in total. The maximum Gasteiger partial charge on any atom is 0.417 e. The number of nitrogens with zero attached hydrogens (tertiary/aromatic N) is 2. The van der Waals surface area contributed by atoms with Crippen LogP contribution in [0.25, 0.3) is 22.4 Å². The smallest absolute Gasteiger partial charge is 0.417 e. The van der Waals surface area contributed by atoms with E-state index in [1.165, 1.54) is 31.4 Å². The van der Waals surface area contributed by atoms with E-state index >= 15 is 0 Å². The van der Waals surface area contributed by atoms with Gasteiger partial charge in [-0.15, -0.1) is 0 Å². The number of aromatic nitrogens is 1. The number of halogens is 3. The zero-order chi connectivity index (χ0) is 19.6. The fourth-order valence-electron chi connectivity index (χ4n) is 2.79. The van der Waals surface area contributed by atoms with Crippen molar-refractivity contribution in [1.29, 1.82) is 5.26 Å². The lowest BCUT2D eigenvalue weighted by Gasteiger charge is -2.15. The molecule has 0 aliphatic heterocycles. The molecule has 27 heavy (non-hydrogen) atoms. The number of hydrogen-bond donors (Lipinski definition) is 1. The minimum atomic E-state index is -4.57. The van der Waals surface area contributed by atoms with E-state index < -0.39 is 11.7 Å². The van der Waals surface area contributed by atoms with Gasteiger partial charge in [0.15, 0.2) is 0 Å². The lowest BCUT2D eigenvalue weighted by atomic mass is 9.94. The number of anilines is 1. The minimum Gasteiger partial charge on any atom is -0.497 e. The van der Waals surface area contributed by atoms with Gasteiger partial charge in [0.2, 0.25) is 0 Å². The van der Waals surface area contributed by atoms with E-state index in [4.69, 9.17) is 10.5 Å². The first kappa shape index (κ1) is 18.3. The van der Waals surface area contributed by atoms with Crippen LogP contribution in [0.3, 0.4) is 0 Å². The first-order valence-corrected chi connectivity index (χ1v) is 7.86. The Morgan fingerprint density at radius 1 is 1.04 bits per heavy atom. The first-order valence-electron chi connectivity index (χ1n) is 7.86. The molecule has 3 aromatic rings. The maximum absolute atomic E-state index is 13.4. The van der Waals surface area contributed by atoms with Gasteiger partial charge in [-0.25, -0.2) is 4.98 Å². The summed E-state index contributed by atoms with van der Waals surface area (Å²) in [5, 5.41) is 9.43. The number of nitrogens with two attached hydrogens (primary N) is 1. The summed E-state index contributed by atoms with van der Waals surface area (Å²) >= 11 is 0. The highest BCUT2D eigenvalue weighted by Gasteiger charge is 2.34. The van der Waals surface area contributed by atoms with Gasteiger partial charge < -0.3 is 10.5 Å². The van der Waals surface area contributed by atoms with Gasteiger partial charge in [-0.3, -0.25) is 0 Å². The number of hydrogen-bond acceptors (Lipinski definition) is 4. The van der Waals surface area contributed by atoms with Gasteiger partial charge in [0.1, 0.15) is 23.2 Å². The molecule has 0 unspecified atom stereocenters. The molecule has 0 aliphatic carbocycles. The SMILES string of the molecule is COc1cccc(-c2cc(-c3ccccc3C(F)(F)F)c(C#N)c(N)n2)c1. The van der Waals surface area contributed by atoms with Crippen LogP contribution in [0.5, 0.6) is 5.75 Å². The highest BCUT2D eigenvalue weighted by Crippen LogP contribution is 2.40. The monoisotopic (exact) mass is 369 g/mol. The van der Waals surface area contributed by atoms with E-state index in [-0.39, 0.29) is 22.5 Å². The van der Waals surface area contributed by atoms with Crippen molar-refractivity contribution >= 4 is 5.82 Å². The number of rotatable bonds is 3. The standard InChI is InChI=1S/C20H14F3N3O/c1-27-13-6-4-5-12(9-13)18-10-15(16(11-24)19(25)26-18)14-7-2-3-8-17(14)20(21,22)23/h2-10H,1H3,(H2,25,26). The molecule has 136 valence electrons. The van der Waals surface area contributed by atoms with E-state index in [1.54, 1.807) is 24.3 Å². The molecule has 0 atom stereocenters. The summed E-state index contributed by atoms with van der Waals surface area (Å²) in [4.78, 5) is 4.19. The number of nitriles is 1. The Morgan fingerprint density at radius 3 is 2.44 bits per heavy atom. The summed E-state index contributed by atoms with van der Waals surface area (Å²) in [6.07, 6.45) is -4.57. The normalized spacial score (nSPS) is 11.1. The van der Waals surface area contributed by atoms with Crippen molar-refractivity contribution < 1.29 is 17.9 Å². The van der Waals surface area contributed by atoms with Gasteiger partial charge in [-0.2, -0.15) is 18.4 Å². The topological polar surface area (TPSA) is 71.9 Å². The third kappa shape index (κ3) is 3.55. The van der Waals surface area contributed by atoms with Gasteiger partial charge in [-0.05, 0) is 29.8 Å². The number of benzene rings is 2. The van der Waals surface area contributed by atoms with Crippen molar-refractivity contribution in [2.24, 2.45) is 0 Å². The number of pyridine rings is 1. The summed E-state index contributed by atoms with van der Waals surface area (Å²) in [5.74, 6) is 0.430. The molecule has 2 aromatic carbocycles. The fourth-order valence-corrected chi connectivity index (χ4v) is 2.79. The second kappa shape index (κ2) is 7.00. The average molecular weight is 369 g/mol. The molecule has 1 heterocycles. The molecule has 0 saturated carbocycles. The summed E-state index contributed by atoms with van der Waals surface area (Å²) in [5.41, 5.74) is 5.86. The van der Waals surface area contributed by atoms with E-state index in [0.29, 0.717) is 17.0 Å². The van der Waals surface area contributed by atoms with Crippen molar-refractivity contribution in [2.45, 2.75) is 6.18 Å². The van der Waals surface area contributed by atoms with Crippen LogP contribution in [0.1, 0.15) is 11.1 Å². The Bertz CT molecular complexity index is 1040. The van der Waals surface area contributed by atoms with Gasteiger partial charge >= 0.3 is 6.18 Å². The molecule has 1 aromatic heterocycles. The Hall–Kier alpha value is -3.53. The first-order chi connectivity index (χ1) is 12.8. The van der Waals surface area contributed by atoms with Crippen molar-refractivity contribution in [3.63, 3.8) is 0 Å². The average Bonchev–Trinajstić information content (AvgIpc) is 2.66. The summed E-state index contributed by atoms with van der Waals surface area (Å²) in [7, 11) is 1.50. The number of ether oxygens (including phenoxy) is 1. The van der Waals surface area contributed by atoms with Crippen molar-refractivity contribution in [3.05, 3.63) is 65.7 Å². The predicted octanol–water partition coefficient (Wildman–Crippen LogP) is 4.90. The summed E-state index contributed by atoms with van der Waals surface area (Å²) < 4.78 is 45.5. The molecular weight excluding hydrogens is 355 g/mol.